The molecule has 2 heterocycles. The number of rotatable bonds is 8. The van der Waals surface area contributed by atoms with Crippen LogP contribution in [0.4, 0.5) is 0 Å². The molecule has 3 rings (SSSR count). The summed E-state index contributed by atoms with van der Waals surface area (Å²) in [6.07, 6.45) is 1.75. The molecule has 0 aliphatic heterocycles. The van der Waals surface area contributed by atoms with Crippen LogP contribution < -0.4 is 19.9 Å². The molecule has 1 aromatic carbocycles. The quantitative estimate of drug-likeness (QED) is 0.571. The molecule has 9 heteroatoms. The predicted molar refractivity (Wildman–Crippen MR) is 118 cm³/mol. The topological polar surface area (TPSA) is 84.4 Å². The molecule has 29 heavy (non-hydrogen) atoms. The zero-order valence-electron chi connectivity index (χ0n) is 16.6. The van der Waals surface area contributed by atoms with E-state index in [1.54, 1.807) is 24.1 Å². The minimum Gasteiger partial charge on any atom is -0.492 e. The van der Waals surface area contributed by atoms with E-state index in [-0.39, 0.29) is 30.9 Å². The van der Waals surface area contributed by atoms with Gasteiger partial charge in [0.25, 0.3) is 0 Å². The van der Waals surface area contributed by atoms with Crippen LogP contribution in [0, 0.1) is 0 Å². The number of ether oxygens (including phenoxy) is 3. The van der Waals surface area contributed by atoms with Crippen molar-refractivity contribution in [1.82, 2.24) is 14.8 Å². The molecule has 2 N–H and O–H groups in total. The molecule has 0 fully saturated rings. The fourth-order valence-electron chi connectivity index (χ4n) is 2.58. The number of halogens is 2. The highest BCUT2D eigenvalue weighted by Crippen LogP contribution is 2.29. The third kappa shape index (κ3) is 6.25. The molecule has 0 aliphatic carbocycles. The van der Waals surface area contributed by atoms with Gasteiger partial charge in [0.05, 0.1) is 30.8 Å². The highest BCUT2D eigenvalue weighted by molar-refractivity contribution is 5.85. The summed E-state index contributed by atoms with van der Waals surface area (Å²) in [7, 11) is 1.59. The van der Waals surface area contributed by atoms with Gasteiger partial charge in [-0.05, 0) is 44.2 Å². The standard InChI is InChI=1S/C20H24N4O3.2ClH/c1-14(2)27-20-12-18(15-4-7-17(8-5-15)26-11-10-21)24(23-20)16-6-9-19(25-3)22-13-16;;/h4-9,12-14H,10-11,21H2,1-3H3;2*1H. The predicted octanol–water partition coefficient (Wildman–Crippen LogP) is 3.91. The minimum atomic E-state index is 0. The molecule has 3 aromatic rings. The molecule has 7 nitrogen and oxygen atoms in total. The third-order valence-corrected chi connectivity index (χ3v) is 3.75. The van der Waals surface area contributed by atoms with Crippen LogP contribution in [-0.2, 0) is 0 Å². The second-order valence-corrected chi connectivity index (χ2v) is 6.17. The molecule has 0 bridgehead atoms. The maximum atomic E-state index is 5.78. The Bertz CT molecular complexity index is 868. The first-order valence-corrected chi connectivity index (χ1v) is 8.81. The number of methoxy groups -OCH3 is 1. The van der Waals surface area contributed by atoms with Gasteiger partial charge in [-0.15, -0.1) is 29.9 Å². The van der Waals surface area contributed by atoms with Gasteiger partial charge in [-0.3, -0.25) is 0 Å². The lowest BCUT2D eigenvalue weighted by Gasteiger charge is -2.09. The van der Waals surface area contributed by atoms with Gasteiger partial charge in [-0.1, -0.05) is 0 Å². The number of hydrogen-bond acceptors (Lipinski definition) is 6. The van der Waals surface area contributed by atoms with E-state index >= 15 is 0 Å². The lowest BCUT2D eigenvalue weighted by molar-refractivity contribution is 0.231. The highest BCUT2D eigenvalue weighted by Gasteiger charge is 2.14. The van der Waals surface area contributed by atoms with E-state index in [1.165, 1.54) is 0 Å². The van der Waals surface area contributed by atoms with E-state index in [9.17, 15) is 0 Å². The Balaban J connectivity index is 0.00000210. The van der Waals surface area contributed by atoms with Crippen molar-refractivity contribution in [1.29, 1.82) is 0 Å². The van der Waals surface area contributed by atoms with Gasteiger partial charge in [0.1, 0.15) is 12.4 Å². The van der Waals surface area contributed by atoms with Gasteiger partial charge in [0, 0.05) is 24.2 Å². The molecular formula is C20H26Cl2N4O3. The van der Waals surface area contributed by atoms with Crippen LogP contribution >= 0.6 is 24.8 Å². The van der Waals surface area contributed by atoms with Crippen LogP contribution in [0.25, 0.3) is 16.9 Å². The van der Waals surface area contributed by atoms with Crippen LogP contribution in [0.2, 0.25) is 0 Å². The Morgan fingerprint density at radius 1 is 1.03 bits per heavy atom. The van der Waals surface area contributed by atoms with Gasteiger partial charge in [-0.25, -0.2) is 9.67 Å². The Labute approximate surface area is 183 Å². The zero-order valence-corrected chi connectivity index (χ0v) is 18.2. The normalized spacial score (nSPS) is 10.1. The molecule has 0 saturated heterocycles. The number of nitrogens with zero attached hydrogens (tertiary/aromatic N) is 3. The molecule has 0 atom stereocenters. The average Bonchev–Trinajstić information content (AvgIpc) is 3.10. The van der Waals surface area contributed by atoms with Crippen LogP contribution in [0.3, 0.4) is 0 Å². The van der Waals surface area contributed by atoms with Crippen LogP contribution in [0.1, 0.15) is 13.8 Å². The summed E-state index contributed by atoms with van der Waals surface area (Å²) in [5.74, 6) is 1.88. The summed E-state index contributed by atoms with van der Waals surface area (Å²) in [6, 6.07) is 13.4. The van der Waals surface area contributed by atoms with Crippen molar-refractivity contribution in [3.05, 3.63) is 48.7 Å². The molecule has 0 saturated carbocycles. The van der Waals surface area contributed by atoms with E-state index in [2.05, 4.69) is 10.1 Å². The van der Waals surface area contributed by atoms with E-state index in [0.29, 0.717) is 24.9 Å². The number of pyridine rings is 1. The molecular weight excluding hydrogens is 415 g/mol. The molecule has 2 aromatic heterocycles. The Hall–Kier alpha value is -2.48. The number of aromatic nitrogens is 3. The fourth-order valence-corrected chi connectivity index (χ4v) is 2.58. The third-order valence-electron chi connectivity index (χ3n) is 3.75. The Morgan fingerprint density at radius 3 is 2.31 bits per heavy atom. The second kappa shape index (κ2) is 11.5. The maximum absolute atomic E-state index is 5.78. The van der Waals surface area contributed by atoms with Gasteiger partial charge in [0.2, 0.25) is 11.8 Å². The van der Waals surface area contributed by atoms with E-state index in [1.807, 2.05) is 50.2 Å². The van der Waals surface area contributed by atoms with Crippen molar-refractivity contribution >= 4 is 24.8 Å². The molecule has 0 aliphatic rings. The summed E-state index contributed by atoms with van der Waals surface area (Å²) in [5, 5.41) is 4.59. The Morgan fingerprint density at radius 2 is 1.76 bits per heavy atom. The van der Waals surface area contributed by atoms with Crippen molar-refractivity contribution in [3.8, 4) is 34.5 Å². The SMILES string of the molecule is COc1ccc(-n2nc(OC(C)C)cc2-c2ccc(OCCN)cc2)cn1.Cl.Cl. The summed E-state index contributed by atoms with van der Waals surface area (Å²) in [5.41, 5.74) is 8.17. The minimum absolute atomic E-state index is 0. The summed E-state index contributed by atoms with van der Waals surface area (Å²) in [6.45, 7) is 4.91. The van der Waals surface area contributed by atoms with Gasteiger partial charge in [-0.2, -0.15) is 0 Å². The second-order valence-electron chi connectivity index (χ2n) is 6.17. The summed E-state index contributed by atoms with van der Waals surface area (Å²) >= 11 is 0. The number of hydrogen-bond donors (Lipinski definition) is 1. The average molecular weight is 441 g/mol. The lowest BCUT2D eigenvalue weighted by atomic mass is 10.1. The van der Waals surface area contributed by atoms with E-state index in [0.717, 1.165) is 22.7 Å². The first-order chi connectivity index (χ1) is 13.1. The monoisotopic (exact) mass is 440 g/mol. The molecule has 158 valence electrons. The first kappa shape index (κ1) is 24.6. The van der Waals surface area contributed by atoms with Crippen LogP contribution in [0.5, 0.6) is 17.5 Å². The van der Waals surface area contributed by atoms with Crippen molar-refractivity contribution in [2.24, 2.45) is 5.73 Å². The smallest absolute Gasteiger partial charge is 0.234 e. The Kier molecular flexibility index (Phi) is 9.74. The zero-order chi connectivity index (χ0) is 19.2. The van der Waals surface area contributed by atoms with Crippen LogP contribution in [-0.4, -0.2) is 41.1 Å². The largest absolute Gasteiger partial charge is 0.492 e. The van der Waals surface area contributed by atoms with Crippen molar-refractivity contribution in [3.63, 3.8) is 0 Å². The lowest BCUT2D eigenvalue weighted by Crippen LogP contribution is -2.10. The van der Waals surface area contributed by atoms with Crippen molar-refractivity contribution < 1.29 is 14.2 Å². The number of nitrogens with two attached hydrogens (primary N) is 1. The van der Waals surface area contributed by atoms with Gasteiger partial charge >= 0.3 is 0 Å². The number of benzene rings is 1. The van der Waals surface area contributed by atoms with Gasteiger partial charge < -0.3 is 19.9 Å². The maximum Gasteiger partial charge on any atom is 0.234 e. The fraction of sp³-hybridized carbons (Fsp3) is 0.300. The van der Waals surface area contributed by atoms with Crippen molar-refractivity contribution in [2.45, 2.75) is 20.0 Å². The molecule has 0 amide bonds. The van der Waals surface area contributed by atoms with Gasteiger partial charge in [0.15, 0.2) is 0 Å². The van der Waals surface area contributed by atoms with E-state index < -0.39 is 0 Å². The summed E-state index contributed by atoms with van der Waals surface area (Å²) in [4.78, 5) is 4.27. The van der Waals surface area contributed by atoms with E-state index in [4.69, 9.17) is 19.9 Å². The molecule has 0 spiro atoms. The first-order valence-electron chi connectivity index (χ1n) is 8.81. The van der Waals surface area contributed by atoms with Crippen molar-refractivity contribution in [2.75, 3.05) is 20.3 Å². The molecule has 0 radical (unpaired) electrons. The molecule has 0 unspecified atom stereocenters. The van der Waals surface area contributed by atoms with Crippen LogP contribution in [0.15, 0.2) is 48.7 Å². The highest BCUT2D eigenvalue weighted by atomic mass is 35.5. The summed E-state index contributed by atoms with van der Waals surface area (Å²) < 4.78 is 18.3.